The molecule has 1 aliphatic carbocycles. The highest BCUT2D eigenvalue weighted by molar-refractivity contribution is 6.01. The van der Waals surface area contributed by atoms with Gasteiger partial charge in [0.15, 0.2) is 0 Å². The smallest absolute Gasteiger partial charge is 0.268 e. The summed E-state index contributed by atoms with van der Waals surface area (Å²) in [6.07, 6.45) is 10.1. The molecule has 1 unspecified atom stereocenters. The molecule has 0 saturated heterocycles. The predicted octanol–water partition coefficient (Wildman–Crippen LogP) is 0.663. The first kappa shape index (κ1) is 16.2. The summed E-state index contributed by atoms with van der Waals surface area (Å²) in [6, 6.07) is -0.527. The molecule has 7 heteroatoms. The van der Waals surface area contributed by atoms with Gasteiger partial charge in [-0.25, -0.2) is 4.98 Å². The molecule has 7 nitrogen and oxygen atoms in total. The van der Waals surface area contributed by atoms with Crippen LogP contribution in [0.15, 0.2) is 18.2 Å². The largest absolute Gasteiger partial charge is 0.351 e. The van der Waals surface area contributed by atoms with Crippen LogP contribution in [0.1, 0.15) is 44.7 Å². The normalized spacial score (nSPS) is 17.8. The van der Waals surface area contributed by atoms with Crippen molar-refractivity contribution in [2.24, 2.45) is 5.73 Å². The molecule has 5 N–H and O–H groups in total. The van der Waals surface area contributed by atoms with Crippen LogP contribution in [0.25, 0.3) is 6.08 Å². The van der Waals surface area contributed by atoms with Crippen molar-refractivity contribution < 1.29 is 9.59 Å². The molecule has 1 aromatic rings. The number of hydrogen-bond donors (Lipinski definition) is 4. The Labute approximate surface area is 129 Å². The van der Waals surface area contributed by atoms with E-state index in [1.54, 1.807) is 13.1 Å². The maximum absolute atomic E-state index is 12.4. The van der Waals surface area contributed by atoms with E-state index in [9.17, 15) is 9.59 Å². The Kier molecular flexibility index (Phi) is 5.71. The minimum atomic E-state index is -0.690. The van der Waals surface area contributed by atoms with Gasteiger partial charge in [0.1, 0.15) is 5.70 Å². The fourth-order valence-corrected chi connectivity index (χ4v) is 2.41. The number of rotatable bonds is 5. The number of hydrogen-bond acceptors (Lipinski definition) is 4. The summed E-state index contributed by atoms with van der Waals surface area (Å²) >= 11 is 0. The molecular formula is C15H23N5O2. The number of amides is 2. The van der Waals surface area contributed by atoms with Crippen molar-refractivity contribution in [2.75, 3.05) is 0 Å². The molecule has 0 radical (unpaired) electrons. The molecule has 2 amide bonds. The van der Waals surface area contributed by atoms with E-state index in [1.807, 2.05) is 0 Å². The lowest BCUT2D eigenvalue weighted by Gasteiger charge is -2.23. The number of nitrogens with one attached hydrogen (secondary N) is 3. The molecular weight excluding hydrogens is 282 g/mol. The third-order valence-corrected chi connectivity index (χ3v) is 3.67. The number of carbonyl (C=O) groups excluding carboxylic acids is 2. The van der Waals surface area contributed by atoms with E-state index in [0.29, 0.717) is 5.69 Å². The number of H-pyrrole nitrogens is 1. The van der Waals surface area contributed by atoms with Gasteiger partial charge in [-0.05, 0) is 25.8 Å². The van der Waals surface area contributed by atoms with E-state index in [4.69, 9.17) is 5.73 Å². The Balaban J connectivity index is 2.08. The zero-order chi connectivity index (χ0) is 15.9. The summed E-state index contributed by atoms with van der Waals surface area (Å²) in [5, 5.41) is 5.55. The summed E-state index contributed by atoms with van der Waals surface area (Å²) in [6.45, 7) is 1.57. The van der Waals surface area contributed by atoms with Crippen molar-refractivity contribution in [2.45, 2.75) is 51.1 Å². The van der Waals surface area contributed by atoms with Crippen LogP contribution in [0, 0.1) is 0 Å². The van der Waals surface area contributed by atoms with Gasteiger partial charge < -0.3 is 21.4 Å². The zero-order valence-corrected chi connectivity index (χ0v) is 12.8. The van der Waals surface area contributed by atoms with E-state index >= 15 is 0 Å². The summed E-state index contributed by atoms with van der Waals surface area (Å²) < 4.78 is 0. The van der Waals surface area contributed by atoms with Gasteiger partial charge in [0, 0.05) is 12.2 Å². The third-order valence-electron chi connectivity index (χ3n) is 3.67. The number of aromatic nitrogens is 2. The molecule has 1 fully saturated rings. The molecule has 1 aromatic heterocycles. The van der Waals surface area contributed by atoms with Gasteiger partial charge in [-0.2, -0.15) is 0 Å². The first-order valence-corrected chi connectivity index (χ1v) is 7.64. The number of nitrogens with two attached hydrogens (primary N) is 1. The second-order valence-corrected chi connectivity index (χ2v) is 5.64. The van der Waals surface area contributed by atoms with E-state index in [1.165, 1.54) is 18.8 Å². The fourth-order valence-electron chi connectivity index (χ4n) is 2.41. The average molecular weight is 305 g/mol. The van der Waals surface area contributed by atoms with Gasteiger partial charge in [-0.1, -0.05) is 19.3 Å². The monoisotopic (exact) mass is 305 g/mol. The molecule has 2 rings (SSSR count). The van der Waals surface area contributed by atoms with Crippen LogP contribution in [-0.2, 0) is 9.59 Å². The number of aromatic amines is 1. The molecule has 1 saturated carbocycles. The van der Waals surface area contributed by atoms with Crippen LogP contribution >= 0.6 is 0 Å². The molecule has 0 bridgehead atoms. The Bertz CT molecular complexity index is 530. The Morgan fingerprint density at radius 1 is 1.41 bits per heavy atom. The minimum Gasteiger partial charge on any atom is -0.351 e. The Morgan fingerprint density at radius 2 is 2.14 bits per heavy atom. The highest BCUT2D eigenvalue weighted by Crippen LogP contribution is 2.17. The van der Waals surface area contributed by atoms with Crippen LogP contribution < -0.4 is 16.4 Å². The van der Waals surface area contributed by atoms with Gasteiger partial charge in [0.25, 0.3) is 5.91 Å². The van der Waals surface area contributed by atoms with Gasteiger partial charge in [0.05, 0.1) is 18.1 Å². The van der Waals surface area contributed by atoms with Crippen LogP contribution in [0.2, 0.25) is 0 Å². The van der Waals surface area contributed by atoms with Crippen LogP contribution in [0.4, 0.5) is 0 Å². The van der Waals surface area contributed by atoms with Gasteiger partial charge in [0.2, 0.25) is 5.91 Å². The SMILES string of the molecule is CC(N)C(=O)NC(=Cc1c[nH]cn1)C(=O)NC1CCCCC1. The summed E-state index contributed by atoms with van der Waals surface area (Å²) in [5.74, 6) is -0.704. The molecule has 0 aromatic carbocycles. The van der Waals surface area contributed by atoms with Crippen molar-refractivity contribution in [3.63, 3.8) is 0 Å². The second-order valence-electron chi connectivity index (χ2n) is 5.64. The van der Waals surface area contributed by atoms with Crippen molar-refractivity contribution in [3.05, 3.63) is 23.9 Å². The first-order valence-electron chi connectivity index (χ1n) is 7.64. The number of carbonyl (C=O) groups is 2. The maximum Gasteiger partial charge on any atom is 0.268 e. The predicted molar refractivity (Wildman–Crippen MR) is 83.4 cm³/mol. The molecule has 1 aliphatic rings. The topological polar surface area (TPSA) is 113 Å². The second kappa shape index (κ2) is 7.74. The number of imidazole rings is 1. The van der Waals surface area contributed by atoms with E-state index < -0.39 is 11.9 Å². The van der Waals surface area contributed by atoms with Crippen LogP contribution in [0.3, 0.4) is 0 Å². The molecule has 120 valence electrons. The lowest BCUT2D eigenvalue weighted by Crippen LogP contribution is -2.44. The fraction of sp³-hybridized carbons (Fsp3) is 0.533. The van der Waals surface area contributed by atoms with Crippen molar-refractivity contribution in [1.29, 1.82) is 0 Å². The third kappa shape index (κ3) is 4.70. The maximum atomic E-state index is 12.4. The summed E-state index contributed by atoms with van der Waals surface area (Å²) in [5.41, 5.74) is 6.28. The van der Waals surface area contributed by atoms with E-state index in [0.717, 1.165) is 25.7 Å². The minimum absolute atomic E-state index is 0.163. The average Bonchev–Trinajstić information content (AvgIpc) is 3.00. The molecule has 1 heterocycles. The lowest BCUT2D eigenvalue weighted by molar-refractivity contribution is -0.124. The number of nitrogens with zero attached hydrogens (tertiary/aromatic N) is 1. The van der Waals surface area contributed by atoms with Gasteiger partial charge in [-0.15, -0.1) is 0 Å². The van der Waals surface area contributed by atoms with E-state index in [2.05, 4.69) is 20.6 Å². The van der Waals surface area contributed by atoms with E-state index in [-0.39, 0.29) is 17.6 Å². The van der Waals surface area contributed by atoms with Crippen LogP contribution in [0.5, 0.6) is 0 Å². The molecule has 0 spiro atoms. The molecule has 22 heavy (non-hydrogen) atoms. The van der Waals surface area contributed by atoms with Crippen LogP contribution in [-0.4, -0.2) is 33.9 Å². The summed E-state index contributed by atoms with van der Waals surface area (Å²) in [4.78, 5) is 31.1. The van der Waals surface area contributed by atoms with Gasteiger partial charge in [-0.3, -0.25) is 9.59 Å². The quantitative estimate of drug-likeness (QED) is 0.599. The lowest BCUT2D eigenvalue weighted by atomic mass is 9.95. The van der Waals surface area contributed by atoms with Crippen molar-refractivity contribution in [1.82, 2.24) is 20.6 Å². The Morgan fingerprint density at radius 3 is 2.73 bits per heavy atom. The highest BCUT2D eigenvalue weighted by atomic mass is 16.2. The standard InChI is InChI=1S/C15H23N5O2/c1-10(16)14(21)20-13(7-12-8-17-9-18-12)15(22)19-11-5-3-2-4-6-11/h7-11H,2-6,16H2,1H3,(H,17,18)(H,19,22)(H,20,21). The molecule has 0 aliphatic heterocycles. The van der Waals surface area contributed by atoms with Crippen molar-refractivity contribution >= 4 is 17.9 Å². The highest BCUT2D eigenvalue weighted by Gasteiger charge is 2.20. The first-order chi connectivity index (χ1) is 10.6. The summed E-state index contributed by atoms with van der Waals surface area (Å²) in [7, 11) is 0. The zero-order valence-electron chi connectivity index (χ0n) is 12.8. The molecule has 1 atom stereocenters. The Hall–Kier alpha value is -2.15. The van der Waals surface area contributed by atoms with Crippen molar-refractivity contribution in [3.8, 4) is 0 Å². The van der Waals surface area contributed by atoms with Gasteiger partial charge >= 0.3 is 0 Å².